The molecule has 156 valence electrons. The van der Waals surface area contributed by atoms with E-state index in [0.717, 1.165) is 0 Å². The van der Waals surface area contributed by atoms with Gasteiger partial charge in [-0.3, -0.25) is 9.59 Å². The number of rotatable bonds is 6. The Kier molecular flexibility index (Phi) is 6.06. The van der Waals surface area contributed by atoms with Gasteiger partial charge in [0.25, 0.3) is 0 Å². The number of nitrogens with one attached hydrogen (secondary N) is 2. The maximum absolute atomic E-state index is 12.5. The third-order valence-electron chi connectivity index (χ3n) is 4.60. The monoisotopic (exact) mass is 410 g/mol. The average molecular weight is 410 g/mol. The van der Waals surface area contributed by atoms with Crippen LogP contribution in [-0.4, -0.2) is 26.0 Å². The van der Waals surface area contributed by atoms with Crippen LogP contribution in [-0.2, 0) is 16.0 Å². The minimum Gasteiger partial charge on any atom is -0.496 e. The number of aryl methyl sites for hydroxylation is 1. The summed E-state index contributed by atoms with van der Waals surface area (Å²) in [5, 5.41) is 6.00. The molecule has 0 unspecified atom stereocenters. The van der Waals surface area contributed by atoms with Crippen LogP contribution in [0, 0.1) is 6.92 Å². The predicted octanol–water partition coefficient (Wildman–Crippen LogP) is 3.26. The van der Waals surface area contributed by atoms with E-state index in [1.54, 1.807) is 43.3 Å². The predicted molar refractivity (Wildman–Crippen MR) is 113 cm³/mol. The molecule has 0 aliphatic heterocycles. The molecule has 3 aromatic rings. The van der Waals surface area contributed by atoms with Gasteiger partial charge in [0.15, 0.2) is 0 Å². The second kappa shape index (κ2) is 8.69. The number of hydrogen-bond acceptors (Lipinski definition) is 6. The van der Waals surface area contributed by atoms with Crippen molar-refractivity contribution < 1.29 is 23.5 Å². The van der Waals surface area contributed by atoms with Gasteiger partial charge in [-0.1, -0.05) is 0 Å². The van der Waals surface area contributed by atoms with Crippen LogP contribution in [0.1, 0.15) is 18.1 Å². The fourth-order valence-corrected chi connectivity index (χ4v) is 3.17. The zero-order valence-electron chi connectivity index (χ0n) is 17.1. The summed E-state index contributed by atoms with van der Waals surface area (Å²) in [5.74, 6) is 0.429. The van der Waals surface area contributed by atoms with Gasteiger partial charge in [-0.05, 0) is 36.8 Å². The highest BCUT2D eigenvalue weighted by molar-refractivity contribution is 5.95. The molecule has 3 rings (SSSR count). The van der Waals surface area contributed by atoms with Gasteiger partial charge in [0.1, 0.15) is 17.1 Å². The number of methoxy groups -OCH3 is 2. The molecular weight excluding hydrogens is 388 g/mol. The van der Waals surface area contributed by atoms with Gasteiger partial charge >= 0.3 is 5.63 Å². The van der Waals surface area contributed by atoms with Crippen LogP contribution < -0.4 is 25.7 Å². The van der Waals surface area contributed by atoms with Crippen molar-refractivity contribution in [3.8, 4) is 11.5 Å². The molecule has 2 aromatic carbocycles. The lowest BCUT2D eigenvalue weighted by molar-refractivity contribution is -0.116. The maximum atomic E-state index is 12.5. The zero-order chi connectivity index (χ0) is 21.8. The van der Waals surface area contributed by atoms with Crippen LogP contribution in [0.25, 0.3) is 11.0 Å². The average Bonchev–Trinajstić information content (AvgIpc) is 2.71. The summed E-state index contributed by atoms with van der Waals surface area (Å²) in [6, 6.07) is 9.96. The second-order valence-corrected chi connectivity index (χ2v) is 6.68. The van der Waals surface area contributed by atoms with Gasteiger partial charge in [-0.2, -0.15) is 0 Å². The summed E-state index contributed by atoms with van der Waals surface area (Å²) in [7, 11) is 3.02. The van der Waals surface area contributed by atoms with Crippen molar-refractivity contribution in [2.75, 3.05) is 24.9 Å². The molecule has 0 saturated heterocycles. The Morgan fingerprint density at radius 3 is 2.20 bits per heavy atom. The van der Waals surface area contributed by atoms with Crippen molar-refractivity contribution in [3.63, 3.8) is 0 Å². The minimum atomic E-state index is -0.591. The molecule has 30 heavy (non-hydrogen) atoms. The molecule has 0 spiro atoms. The van der Waals surface area contributed by atoms with E-state index in [2.05, 4.69) is 10.6 Å². The van der Waals surface area contributed by atoms with E-state index in [0.29, 0.717) is 39.4 Å². The number of carbonyl (C=O) groups is 2. The lowest BCUT2D eigenvalue weighted by Crippen LogP contribution is -2.20. The molecule has 1 heterocycles. The van der Waals surface area contributed by atoms with Gasteiger partial charge in [0, 0.05) is 30.4 Å². The third-order valence-corrected chi connectivity index (χ3v) is 4.60. The number of benzene rings is 2. The molecule has 0 radical (unpaired) electrons. The Balaban J connectivity index is 1.87. The molecule has 0 bridgehead atoms. The van der Waals surface area contributed by atoms with Gasteiger partial charge in [-0.15, -0.1) is 0 Å². The summed E-state index contributed by atoms with van der Waals surface area (Å²) in [4.78, 5) is 36.1. The molecule has 0 aliphatic carbocycles. The fourth-order valence-electron chi connectivity index (χ4n) is 3.17. The highest BCUT2D eigenvalue weighted by Gasteiger charge is 2.19. The fraction of sp³-hybridized carbons (Fsp3) is 0.227. The van der Waals surface area contributed by atoms with E-state index in [-0.39, 0.29) is 23.8 Å². The molecule has 0 fully saturated rings. The molecule has 2 amide bonds. The standard InChI is InChI=1S/C22H22N2O6/c1-12-17(11-20(26)24-15-7-5-14(6-8-15)23-13(2)25)22(27)30-19-10-16(28-3)9-18(29-4)21(12)19/h5-10H,11H2,1-4H3,(H,23,25)(H,24,26). The van der Waals surface area contributed by atoms with Crippen molar-refractivity contribution in [2.45, 2.75) is 20.3 Å². The second-order valence-electron chi connectivity index (χ2n) is 6.68. The van der Waals surface area contributed by atoms with Gasteiger partial charge in [-0.25, -0.2) is 4.79 Å². The van der Waals surface area contributed by atoms with Gasteiger partial charge in [0.05, 0.1) is 31.6 Å². The highest BCUT2D eigenvalue weighted by Crippen LogP contribution is 2.33. The summed E-state index contributed by atoms with van der Waals surface area (Å²) >= 11 is 0. The van der Waals surface area contributed by atoms with Crippen LogP contribution in [0.4, 0.5) is 11.4 Å². The number of carbonyl (C=O) groups excluding carboxylic acids is 2. The highest BCUT2D eigenvalue weighted by atomic mass is 16.5. The van der Waals surface area contributed by atoms with Crippen molar-refractivity contribution >= 4 is 34.2 Å². The number of ether oxygens (including phenoxy) is 2. The van der Waals surface area contributed by atoms with E-state index in [1.807, 2.05) is 0 Å². The summed E-state index contributed by atoms with van der Waals surface area (Å²) in [5.41, 5.74) is 1.75. The smallest absolute Gasteiger partial charge is 0.340 e. The first kappa shape index (κ1) is 20.9. The minimum absolute atomic E-state index is 0.160. The van der Waals surface area contributed by atoms with E-state index in [9.17, 15) is 14.4 Å². The Hall–Kier alpha value is -3.81. The lowest BCUT2D eigenvalue weighted by Gasteiger charge is -2.13. The van der Waals surface area contributed by atoms with Crippen molar-refractivity contribution in [3.05, 3.63) is 57.9 Å². The topological polar surface area (TPSA) is 107 Å². The molecule has 0 aliphatic rings. The quantitative estimate of drug-likeness (QED) is 0.604. The Labute approximate surface area is 172 Å². The first-order valence-corrected chi connectivity index (χ1v) is 9.18. The molecule has 8 nitrogen and oxygen atoms in total. The molecule has 0 atom stereocenters. The van der Waals surface area contributed by atoms with Crippen molar-refractivity contribution in [1.82, 2.24) is 0 Å². The van der Waals surface area contributed by atoms with Crippen LogP contribution >= 0.6 is 0 Å². The first-order valence-electron chi connectivity index (χ1n) is 9.18. The zero-order valence-corrected chi connectivity index (χ0v) is 17.1. The number of hydrogen-bond donors (Lipinski definition) is 2. The maximum Gasteiger partial charge on any atom is 0.340 e. The SMILES string of the molecule is COc1cc(OC)c2c(C)c(CC(=O)Nc3ccc(NC(C)=O)cc3)c(=O)oc2c1. The summed E-state index contributed by atoms with van der Waals surface area (Å²) in [6.07, 6.45) is -0.160. The number of fused-ring (bicyclic) bond motifs is 1. The van der Waals surface area contributed by atoms with Crippen LogP contribution in [0.15, 0.2) is 45.6 Å². The van der Waals surface area contributed by atoms with E-state index in [4.69, 9.17) is 13.9 Å². The van der Waals surface area contributed by atoms with Crippen LogP contribution in [0.2, 0.25) is 0 Å². The van der Waals surface area contributed by atoms with Crippen LogP contribution in [0.3, 0.4) is 0 Å². The Bertz CT molecular complexity index is 1160. The summed E-state index contributed by atoms with van der Waals surface area (Å²) in [6.45, 7) is 3.16. The van der Waals surface area contributed by atoms with E-state index >= 15 is 0 Å². The van der Waals surface area contributed by atoms with E-state index in [1.165, 1.54) is 21.1 Å². The lowest BCUT2D eigenvalue weighted by atomic mass is 10.0. The molecule has 2 N–H and O–H groups in total. The van der Waals surface area contributed by atoms with Crippen LogP contribution in [0.5, 0.6) is 11.5 Å². The van der Waals surface area contributed by atoms with E-state index < -0.39 is 5.63 Å². The molecular formula is C22H22N2O6. The molecule has 8 heteroatoms. The Morgan fingerprint density at radius 2 is 1.63 bits per heavy atom. The van der Waals surface area contributed by atoms with Gasteiger partial charge in [0.2, 0.25) is 11.8 Å². The molecule has 1 aromatic heterocycles. The summed E-state index contributed by atoms with van der Waals surface area (Å²) < 4.78 is 16.0. The third kappa shape index (κ3) is 4.43. The van der Waals surface area contributed by atoms with Crippen molar-refractivity contribution in [2.24, 2.45) is 0 Å². The molecule has 0 saturated carbocycles. The first-order chi connectivity index (χ1) is 14.3. The number of anilines is 2. The van der Waals surface area contributed by atoms with Gasteiger partial charge < -0.3 is 24.5 Å². The Morgan fingerprint density at radius 1 is 1.00 bits per heavy atom. The number of amides is 2. The largest absolute Gasteiger partial charge is 0.496 e. The van der Waals surface area contributed by atoms with Crippen molar-refractivity contribution in [1.29, 1.82) is 0 Å². The normalized spacial score (nSPS) is 10.5.